The van der Waals surface area contributed by atoms with Gasteiger partial charge in [0.2, 0.25) is 0 Å². The highest BCUT2D eigenvalue weighted by Crippen LogP contribution is 2.20. The van der Waals surface area contributed by atoms with Gasteiger partial charge in [0.1, 0.15) is 0 Å². The van der Waals surface area contributed by atoms with E-state index in [0.717, 1.165) is 19.5 Å². The fraction of sp³-hybridized carbons (Fsp3) is 0.500. The average Bonchev–Trinajstić information content (AvgIpc) is 2.67. The number of nitrogens with zero attached hydrogens (tertiary/aromatic N) is 1. The Bertz CT molecular complexity index is 523. The molecule has 2 heteroatoms. The quantitative estimate of drug-likeness (QED) is 0.848. The second-order valence-electron chi connectivity index (χ2n) is 5.69. The molecule has 1 aromatic carbocycles. The summed E-state index contributed by atoms with van der Waals surface area (Å²) in [5.74, 6) is 0. The highest BCUT2D eigenvalue weighted by molar-refractivity contribution is 5.83. The maximum atomic E-state index is 3.61. The first-order chi connectivity index (χ1) is 8.53. The fourth-order valence-electron chi connectivity index (χ4n) is 2.26. The van der Waals surface area contributed by atoms with Gasteiger partial charge in [-0.25, -0.2) is 0 Å². The minimum Gasteiger partial charge on any atom is -0.346 e. The van der Waals surface area contributed by atoms with E-state index in [0.29, 0.717) is 0 Å². The number of hydrogen-bond donors (Lipinski definition) is 1. The van der Waals surface area contributed by atoms with E-state index in [9.17, 15) is 0 Å². The molecule has 1 heterocycles. The van der Waals surface area contributed by atoms with Gasteiger partial charge in [-0.3, -0.25) is 0 Å². The summed E-state index contributed by atoms with van der Waals surface area (Å²) in [6.45, 7) is 11.0. The first kappa shape index (κ1) is 13.2. The summed E-state index contributed by atoms with van der Waals surface area (Å²) in [4.78, 5) is 0. The van der Waals surface area contributed by atoms with Gasteiger partial charge in [-0.15, -0.1) is 0 Å². The van der Waals surface area contributed by atoms with Crippen molar-refractivity contribution >= 4 is 10.9 Å². The SMILES string of the molecule is CCC(C)(C)NCCn1cc(C)c2ccccc21. The van der Waals surface area contributed by atoms with Crippen LogP contribution in [-0.4, -0.2) is 16.7 Å². The zero-order chi connectivity index (χ0) is 13.2. The molecule has 2 rings (SSSR count). The predicted molar refractivity (Wildman–Crippen MR) is 79.0 cm³/mol. The van der Waals surface area contributed by atoms with Gasteiger partial charge < -0.3 is 9.88 Å². The van der Waals surface area contributed by atoms with Gasteiger partial charge in [0.25, 0.3) is 0 Å². The number of para-hydroxylation sites is 1. The summed E-state index contributed by atoms with van der Waals surface area (Å²) in [6, 6.07) is 8.62. The van der Waals surface area contributed by atoms with E-state index in [1.807, 2.05) is 0 Å². The first-order valence-electron chi connectivity index (χ1n) is 6.83. The standard InChI is InChI=1S/C16H24N2/c1-5-16(3,4)17-10-11-18-12-13(2)14-8-6-7-9-15(14)18/h6-9,12,17H,5,10-11H2,1-4H3. The zero-order valence-electron chi connectivity index (χ0n) is 12.0. The number of fused-ring (bicyclic) bond motifs is 1. The molecule has 0 saturated carbocycles. The van der Waals surface area contributed by atoms with E-state index in [2.05, 4.69) is 68.0 Å². The molecule has 2 aromatic rings. The van der Waals surface area contributed by atoms with Gasteiger partial charge in [-0.2, -0.15) is 0 Å². The Hall–Kier alpha value is -1.28. The van der Waals surface area contributed by atoms with Crippen LogP contribution in [0.5, 0.6) is 0 Å². The number of nitrogens with one attached hydrogen (secondary N) is 1. The largest absolute Gasteiger partial charge is 0.346 e. The molecule has 0 bridgehead atoms. The van der Waals surface area contributed by atoms with Crippen molar-refractivity contribution in [3.63, 3.8) is 0 Å². The van der Waals surface area contributed by atoms with E-state index in [1.165, 1.54) is 16.5 Å². The molecule has 0 saturated heterocycles. The van der Waals surface area contributed by atoms with Crippen molar-refractivity contribution < 1.29 is 0 Å². The lowest BCUT2D eigenvalue weighted by atomic mass is 10.0. The Kier molecular flexibility index (Phi) is 3.76. The molecule has 18 heavy (non-hydrogen) atoms. The molecule has 0 atom stereocenters. The molecular formula is C16H24N2. The van der Waals surface area contributed by atoms with Crippen LogP contribution in [0.1, 0.15) is 32.8 Å². The first-order valence-corrected chi connectivity index (χ1v) is 6.83. The van der Waals surface area contributed by atoms with Gasteiger partial charge >= 0.3 is 0 Å². The van der Waals surface area contributed by atoms with Crippen LogP contribution in [0.15, 0.2) is 30.5 Å². The highest BCUT2D eigenvalue weighted by atomic mass is 15.0. The lowest BCUT2D eigenvalue weighted by Crippen LogP contribution is -2.40. The van der Waals surface area contributed by atoms with Crippen molar-refractivity contribution in [2.24, 2.45) is 0 Å². The topological polar surface area (TPSA) is 17.0 Å². The molecule has 0 amide bonds. The van der Waals surface area contributed by atoms with Crippen LogP contribution in [0.25, 0.3) is 10.9 Å². The maximum Gasteiger partial charge on any atom is 0.0483 e. The number of aromatic nitrogens is 1. The lowest BCUT2D eigenvalue weighted by Gasteiger charge is -2.24. The molecule has 0 aliphatic carbocycles. The predicted octanol–water partition coefficient (Wildman–Crippen LogP) is 3.73. The van der Waals surface area contributed by atoms with Gasteiger partial charge in [0, 0.05) is 35.7 Å². The van der Waals surface area contributed by atoms with Crippen molar-refractivity contribution in [2.45, 2.75) is 46.2 Å². The van der Waals surface area contributed by atoms with Gasteiger partial charge in [-0.05, 0) is 38.8 Å². The van der Waals surface area contributed by atoms with Crippen LogP contribution >= 0.6 is 0 Å². The molecule has 2 nitrogen and oxygen atoms in total. The van der Waals surface area contributed by atoms with Crippen LogP contribution in [0.4, 0.5) is 0 Å². The Morgan fingerprint density at radius 1 is 1.22 bits per heavy atom. The van der Waals surface area contributed by atoms with E-state index < -0.39 is 0 Å². The van der Waals surface area contributed by atoms with E-state index in [1.54, 1.807) is 0 Å². The molecule has 1 N–H and O–H groups in total. The second-order valence-corrected chi connectivity index (χ2v) is 5.69. The van der Waals surface area contributed by atoms with Crippen molar-refractivity contribution in [1.29, 1.82) is 0 Å². The summed E-state index contributed by atoms with van der Waals surface area (Å²) in [5.41, 5.74) is 2.93. The Morgan fingerprint density at radius 2 is 1.94 bits per heavy atom. The minimum absolute atomic E-state index is 0.234. The van der Waals surface area contributed by atoms with E-state index in [-0.39, 0.29) is 5.54 Å². The highest BCUT2D eigenvalue weighted by Gasteiger charge is 2.13. The summed E-state index contributed by atoms with van der Waals surface area (Å²) < 4.78 is 2.35. The van der Waals surface area contributed by atoms with Crippen LogP contribution < -0.4 is 5.32 Å². The molecule has 0 spiro atoms. The number of hydrogen-bond acceptors (Lipinski definition) is 1. The normalized spacial score (nSPS) is 12.2. The van der Waals surface area contributed by atoms with Crippen LogP contribution in [0.2, 0.25) is 0 Å². The van der Waals surface area contributed by atoms with E-state index >= 15 is 0 Å². The van der Waals surface area contributed by atoms with E-state index in [4.69, 9.17) is 0 Å². The summed E-state index contributed by atoms with van der Waals surface area (Å²) in [7, 11) is 0. The molecule has 0 radical (unpaired) electrons. The molecule has 98 valence electrons. The number of benzene rings is 1. The third kappa shape index (κ3) is 2.75. The second kappa shape index (κ2) is 5.15. The smallest absolute Gasteiger partial charge is 0.0483 e. The monoisotopic (exact) mass is 244 g/mol. The number of rotatable bonds is 5. The van der Waals surface area contributed by atoms with Crippen molar-refractivity contribution in [3.8, 4) is 0 Å². The average molecular weight is 244 g/mol. The Labute approximate surface area is 110 Å². The zero-order valence-corrected chi connectivity index (χ0v) is 12.0. The fourth-order valence-corrected chi connectivity index (χ4v) is 2.26. The molecule has 0 aliphatic heterocycles. The van der Waals surface area contributed by atoms with Crippen molar-refractivity contribution in [2.75, 3.05) is 6.54 Å². The van der Waals surface area contributed by atoms with Crippen LogP contribution in [0.3, 0.4) is 0 Å². The lowest BCUT2D eigenvalue weighted by molar-refractivity contribution is 0.369. The van der Waals surface area contributed by atoms with Crippen LogP contribution in [0, 0.1) is 6.92 Å². The molecule has 0 aliphatic rings. The van der Waals surface area contributed by atoms with Crippen molar-refractivity contribution in [1.82, 2.24) is 9.88 Å². The summed E-state index contributed by atoms with van der Waals surface area (Å²) >= 11 is 0. The summed E-state index contributed by atoms with van der Waals surface area (Å²) in [5, 5.41) is 4.98. The number of aryl methyl sites for hydroxylation is 1. The molecular weight excluding hydrogens is 220 g/mol. The molecule has 0 fully saturated rings. The van der Waals surface area contributed by atoms with Gasteiger partial charge in [0.15, 0.2) is 0 Å². The van der Waals surface area contributed by atoms with Crippen LogP contribution in [-0.2, 0) is 6.54 Å². The third-order valence-corrected chi connectivity index (χ3v) is 3.83. The van der Waals surface area contributed by atoms with Crippen molar-refractivity contribution in [3.05, 3.63) is 36.0 Å². The minimum atomic E-state index is 0.234. The van der Waals surface area contributed by atoms with Gasteiger partial charge in [-0.1, -0.05) is 25.1 Å². The van der Waals surface area contributed by atoms with Gasteiger partial charge in [0.05, 0.1) is 0 Å². The molecule has 1 aromatic heterocycles. The maximum absolute atomic E-state index is 3.61. The molecule has 0 unspecified atom stereocenters. The Balaban J connectivity index is 2.09. The summed E-state index contributed by atoms with van der Waals surface area (Å²) in [6.07, 6.45) is 3.41. The Morgan fingerprint density at radius 3 is 2.67 bits per heavy atom. The third-order valence-electron chi connectivity index (χ3n) is 3.83.